The molecule has 0 spiro atoms. The minimum atomic E-state index is 0.616. The fraction of sp³-hybridized carbons (Fsp3) is 1.00. The Morgan fingerprint density at radius 3 is 1.67 bits per heavy atom. The van der Waals surface area contributed by atoms with Crippen molar-refractivity contribution >= 4 is 0 Å². The third-order valence-electron chi connectivity index (χ3n) is 5.48. The summed E-state index contributed by atoms with van der Waals surface area (Å²) in [6, 6.07) is 0. The van der Waals surface area contributed by atoms with Gasteiger partial charge in [-0.25, -0.2) is 0 Å². The molecule has 0 radical (unpaired) electrons. The molecular weight excluding hydrogens is 184 g/mol. The van der Waals surface area contributed by atoms with Gasteiger partial charge in [0.1, 0.15) is 0 Å². The van der Waals surface area contributed by atoms with Crippen molar-refractivity contribution in [1.82, 2.24) is 0 Å². The number of ether oxygens (including phenoxy) is 1. The van der Waals surface area contributed by atoms with Crippen LogP contribution in [0, 0.1) is 35.5 Å². The standard InChI is InChI=1S/C14H24O/c1-8(2)13-9-4-11-6-10(13)7-12(5-9)14(11)15-3/h8-14H,4-7H2,1-3H3. The summed E-state index contributed by atoms with van der Waals surface area (Å²) in [5, 5.41) is 0. The maximum absolute atomic E-state index is 5.72. The van der Waals surface area contributed by atoms with Crippen LogP contribution in [0.15, 0.2) is 0 Å². The van der Waals surface area contributed by atoms with Gasteiger partial charge in [0.05, 0.1) is 6.10 Å². The summed E-state index contributed by atoms with van der Waals surface area (Å²) in [4.78, 5) is 0. The van der Waals surface area contributed by atoms with Crippen LogP contribution >= 0.6 is 0 Å². The van der Waals surface area contributed by atoms with Crippen LogP contribution in [0.2, 0.25) is 0 Å². The molecule has 0 heterocycles. The molecule has 0 atom stereocenters. The molecule has 0 N–H and O–H groups in total. The highest BCUT2D eigenvalue weighted by atomic mass is 16.5. The Hall–Kier alpha value is -0.0400. The first kappa shape index (κ1) is 10.1. The molecule has 0 saturated heterocycles. The van der Waals surface area contributed by atoms with Crippen LogP contribution in [0.25, 0.3) is 0 Å². The topological polar surface area (TPSA) is 9.23 Å². The van der Waals surface area contributed by atoms with Gasteiger partial charge in [-0.15, -0.1) is 0 Å². The van der Waals surface area contributed by atoms with Crippen LogP contribution in [0.1, 0.15) is 39.5 Å². The molecule has 1 heteroatoms. The molecule has 86 valence electrons. The van der Waals surface area contributed by atoms with E-state index in [1.807, 2.05) is 7.11 Å². The molecule has 0 aromatic rings. The van der Waals surface area contributed by atoms with Gasteiger partial charge >= 0.3 is 0 Å². The summed E-state index contributed by atoms with van der Waals surface area (Å²) in [7, 11) is 1.92. The van der Waals surface area contributed by atoms with Crippen LogP contribution in [0.4, 0.5) is 0 Å². The Kier molecular flexibility index (Phi) is 2.35. The maximum atomic E-state index is 5.72. The van der Waals surface area contributed by atoms with E-state index in [1.54, 1.807) is 0 Å². The lowest BCUT2D eigenvalue weighted by Gasteiger charge is -2.58. The number of hydrogen-bond donors (Lipinski definition) is 0. The third-order valence-corrected chi connectivity index (χ3v) is 5.48. The van der Waals surface area contributed by atoms with E-state index < -0.39 is 0 Å². The molecular formula is C14H24O. The summed E-state index contributed by atoms with van der Waals surface area (Å²) in [5.74, 6) is 5.84. The zero-order valence-corrected chi connectivity index (χ0v) is 10.3. The Balaban J connectivity index is 1.82. The fourth-order valence-electron chi connectivity index (χ4n) is 5.35. The smallest absolute Gasteiger partial charge is 0.0628 e. The van der Waals surface area contributed by atoms with E-state index in [-0.39, 0.29) is 0 Å². The normalized spacial score (nSPS) is 52.8. The zero-order chi connectivity index (χ0) is 10.6. The fourth-order valence-corrected chi connectivity index (χ4v) is 5.35. The number of methoxy groups -OCH3 is 1. The lowest BCUT2D eigenvalue weighted by atomic mass is 9.49. The molecule has 0 aromatic heterocycles. The Morgan fingerprint density at radius 1 is 0.867 bits per heavy atom. The predicted octanol–water partition coefficient (Wildman–Crippen LogP) is 3.34. The van der Waals surface area contributed by atoms with E-state index in [0.717, 1.165) is 35.5 Å². The van der Waals surface area contributed by atoms with Gasteiger partial charge in [0, 0.05) is 7.11 Å². The lowest BCUT2D eigenvalue weighted by molar-refractivity contribution is -0.144. The molecule has 15 heavy (non-hydrogen) atoms. The van der Waals surface area contributed by atoms with Crippen molar-refractivity contribution in [3.63, 3.8) is 0 Å². The second kappa shape index (κ2) is 3.48. The zero-order valence-electron chi connectivity index (χ0n) is 10.3. The summed E-state index contributed by atoms with van der Waals surface area (Å²) in [6.07, 6.45) is 6.48. The van der Waals surface area contributed by atoms with Crippen molar-refractivity contribution in [2.24, 2.45) is 35.5 Å². The second-order valence-electron chi connectivity index (χ2n) is 6.50. The molecule has 4 fully saturated rings. The second-order valence-corrected chi connectivity index (χ2v) is 6.50. The molecule has 4 rings (SSSR count). The average Bonchev–Trinajstić information content (AvgIpc) is 2.15. The molecule has 1 nitrogen and oxygen atoms in total. The van der Waals surface area contributed by atoms with E-state index in [4.69, 9.17) is 4.74 Å². The van der Waals surface area contributed by atoms with Crippen molar-refractivity contribution in [3.8, 4) is 0 Å². The van der Waals surface area contributed by atoms with Crippen LogP contribution in [-0.2, 0) is 4.74 Å². The highest BCUT2D eigenvalue weighted by molar-refractivity contribution is 5.03. The van der Waals surface area contributed by atoms with Gasteiger partial charge in [0.2, 0.25) is 0 Å². The van der Waals surface area contributed by atoms with E-state index in [9.17, 15) is 0 Å². The highest BCUT2D eigenvalue weighted by Crippen LogP contribution is 2.58. The minimum absolute atomic E-state index is 0.616. The quantitative estimate of drug-likeness (QED) is 0.676. The van der Waals surface area contributed by atoms with Crippen LogP contribution < -0.4 is 0 Å². The number of rotatable bonds is 2. The van der Waals surface area contributed by atoms with Gasteiger partial charge in [0.25, 0.3) is 0 Å². The van der Waals surface area contributed by atoms with Crippen LogP contribution in [0.3, 0.4) is 0 Å². The molecule has 4 saturated carbocycles. The predicted molar refractivity (Wildman–Crippen MR) is 61.6 cm³/mol. The van der Waals surface area contributed by atoms with E-state index >= 15 is 0 Å². The van der Waals surface area contributed by atoms with Crippen molar-refractivity contribution < 1.29 is 4.74 Å². The molecule has 4 aliphatic rings. The number of hydrogen-bond acceptors (Lipinski definition) is 1. The lowest BCUT2D eigenvalue weighted by Crippen LogP contribution is -2.54. The Bertz CT molecular complexity index is 216. The van der Waals surface area contributed by atoms with Gasteiger partial charge in [-0.1, -0.05) is 13.8 Å². The van der Waals surface area contributed by atoms with Gasteiger partial charge in [-0.05, 0) is 61.2 Å². The summed E-state index contributed by atoms with van der Waals surface area (Å²) in [5.41, 5.74) is 0. The first-order chi connectivity index (χ1) is 7.20. The monoisotopic (exact) mass is 208 g/mol. The van der Waals surface area contributed by atoms with Gasteiger partial charge in [-0.3, -0.25) is 0 Å². The molecule has 4 aliphatic carbocycles. The first-order valence-corrected chi connectivity index (χ1v) is 6.73. The van der Waals surface area contributed by atoms with Crippen molar-refractivity contribution in [1.29, 1.82) is 0 Å². The van der Waals surface area contributed by atoms with Gasteiger partial charge in [0.15, 0.2) is 0 Å². The van der Waals surface area contributed by atoms with Crippen molar-refractivity contribution in [2.45, 2.75) is 45.6 Å². The molecule has 0 unspecified atom stereocenters. The van der Waals surface area contributed by atoms with Gasteiger partial charge in [-0.2, -0.15) is 0 Å². The summed E-state index contributed by atoms with van der Waals surface area (Å²) in [6.45, 7) is 4.86. The van der Waals surface area contributed by atoms with E-state index in [2.05, 4.69) is 13.8 Å². The average molecular weight is 208 g/mol. The summed E-state index contributed by atoms with van der Waals surface area (Å²) < 4.78 is 5.72. The molecule has 0 aliphatic heterocycles. The van der Waals surface area contributed by atoms with Crippen LogP contribution in [0.5, 0.6) is 0 Å². The van der Waals surface area contributed by atoms with Gasteiger partial charge < -0.3 is 4.74 Å². The Labute approximate surface area is 93.6 Å². The van der Waals surface area contributed by atoms with E-state index in [1.165, 1.54) is 25.7 Å². The third kappa shape index (κ3) is 1.39. The van der Waals surface area contributed by atoms with Crippen molar-refractivity contribution in [3.05, 3.63) is 0 Å². The first-order valence-electron chi connectivity index (χ1n) is 6.73. The molecule has 4 bridgehead atoms. The maximum Gasteiger partial charge on any atom is 0.0628 e. The van der Waals surface area contributed by atoms with Crippen molar-refractivity contribution in [2.75, 3.05) is 7.11 Å². The van der Waals surface area contributed by atoms with E-state index in [0.29, 0.717) is 6.10 Å². The molecule has 0 amide bonds. The minimum Gasteiger partial charge on any atom is -0.381 e. The Morgan fingerprint density at radius 2 is 1.33 bits per heavy atom. The van der Waals surface area contributed by atoms with Crippen LogP contribution in [-0.4, -0.2) is 13.2 Å². The molecule has 0 aromatic carbocycles. The largest absolute Gasteiger partial charge is 0.381 e. The SMILES string of the molecule is COC1C2CC3CC1CC(C2)C3C(C)C. The highest BCUT2D eigenvalue weighted by Gasteiger charge is 2.53. The summed E-state index contributed by atoms with van der Waals surface area (Å²) >= 11 is 0.